The van der Waals surface area contributed by atoms with Crippen LogP contribution >= 0.6 is 11.3 Å². The predicted molar refractivity (Wildman–Crippen MR) is 211 cm³/mol. The van der Waals surface area contributed by atoms with Gasteiger partial charge in [0.05, 0.1) is 23.6 Å². The van der Waals surface area contributed by atoms with Crippen molar-refractivity contribution in [3.63, 3.8) is 0 Å². The van der Waals surface area contributed by atoms with Crippen molar-refractivity contribution in [1.29, 1.82) is 0 Å². The second-order valence-electron chi connectivity index (χ2n) is 12.4. The summed E-state index contributed by atoms with van der Waals surface area (Å²) in [5.41, 5.74) is 6.00. The van der Waals surface area contributed by atoms with Crippen LogP contribution in [-0.4, -0.2) is 19.5 Å². The number of fused-ring (bicyclic) bond motifs is 9. The summed E-state index contributed by atoms with van der Waals surface area (Å²) in [5, 5.41) is 6.31. The number of hydrogen-bond donors (Lipinski definition) is 0. The number of thiophene rings is 1. The van der Waals surface area contributed by atoms with Gasteiger partial charge in [-0.1, -0.05) is 115 Å². The molecule has 0 aliphatic heterocycles. The highest BCUT2D eigenvalue weighted by Crippen LogP contribution is 2.42. The van der Waals surface area contributed by atoms with Crippen LogP contribution in [0.5, 0.6) is 0 Å². The van der Waals surface area contributed by atoms with Gasteiger partial charge in [0.1, 0.15) is 11.2 Å². The molecule has 0 amide bonds. The predicted octanol–water partition coefficient (Wildman–Crippen LogP) is 12.2. The number of aromatic nitrogens is 4. The lowest BCUT2D eigenvalue weighted by Crippen LogP contribution is -2.00. The fourth-order valence-corrected chi connectivity index (χ4v) is 8.54. The Kier molecular flexibility index (Phi) is 5.08. The Hall–Kier alpha value is -6.63. The second kappa shape index (κ2) is 10.9. The summed E-state index contributed by atoms with van der Waals surface area (Å²) in [6, 6.07) is 40.8. The lowest BCUT2D eigenvalue weighted by Gasteiger charge is -2.11. The summed E-state index contributed by atoms with van der Waals surface area (Å²) < 4.78 is 53.3. The third kappa shape index (κ3) is 4.30. The summed E-state index contributed by atoms with van der Waals surface area (Å²) >= 11 is 1.68. The molecule has 0 saturated carbocycles. The molecule has 0 saturated heterocycles. The van der Waals surface area contributed by atoms with E-state index in [-0.39, 0.29) is 23.5 Å². The molecule has 4 heterocycles. The summed E-state index contributed by atoms with van der Waals surface area (Å²) in [4.78, 5) is 14.7. The van der Waals surface area contributed by atoms with E-state index in [1.165, 1.54) is 10.8 Å². The SMILES string of the molecule is [2H]c1c([2H])c([2H])c(-c2nc(-c3ccc4c(c3)sc3cccc(-n5c6ccccc6c6ccccc65)c34)nc(-c3cccc4oc5ccccc5c34)n2)c([2H])c1[2H]. The van der Waals surface area contributed by atoms with Crippen LogP contribution in [0.2, 0.25) is 0 Å². The number of furan rings is 1. The van der Waals surface area contributed by atoms with Gasteiger partial charge in [0.2, 0.25) is 0 Å². The zero-order chi connectivity index (χ0) is 37.8. The molecular weight excluding hydrogens is 645 g/mol. The zero-order valence-electron chi connectivity index (χ0n) is 31.7. The molecule has 0 unspecified atom stereocenters. The molecule has 11 rings (SSSR count). The molecule has 0 N–H and O–H groups in total. The molecule has 0 radical (unpaired) electrons. The minimum atomic E-state index is -0.483. The summed E-state index contributed by atoms with van der Waals surface area (Å²) in [6.45, 7) is 0. The molecule has 0 fully saturated rings. The molecule has 4 aromatic heterocycles. The van der Waals surface area contributed by atoms with Crippen molar-refractivity contribution < 1.29 is 11.3 Å². The van der Waals surface area contributed by atoms with Crippen LogP contribution in [0.15, 0.2) is 162 Å². The van der Waals surface area contributed by atoms with Gasteiger partial charge in [-0.15, -0.1) is 11.3 Å². The van der Waals surface area contributed by atoms with Gasteiger partial charge in [0.25, 0.3) is 0 Å². The molecular formula is C45H26N4OS. The van der Waals surface area contributed by atoms with Crippen LogP contribution in [0, 0.1) is 0 Å². The summed E-state index contributed by atoms with van der Waals surface area (Å²) in [5.74, 6) is 0.583. The molecule has 0 atom stereocenters. The third-order valence-electron chi connectivity index (χ3n) is 9.56. The van der Waals surface area contributed by atoms with Gasteiger partial charge in [-0.05, 0) is 42.5 Å². The van der Waals surface area contributed by atoms with E-state index in [1.807, 2.05) is 48.5 Å². The lowest BCUT2D eigenvalue weighted by atomic mass is 10.1. The van der Waals surface area contributed by atoms with E-state index in [9.17, 15) is 0 Å². The third-order valence-corrected chi connectivity index (χ3v) is 10.7. The minimum Gasteiger partial charge on any atom is -0.456 e. The van der Waals surface area contributed by atoms with E-state index < -0.39 is 18.1 Å². The quantitative estimate of drug-likeness (QED) is 0.186. The Morgan fingerprint density at radius 1 is 0.510 bits per heavy atom. The first-order chi connectivity index (χ1) is 27.4. The van der Waals surface area contributed by atoms with E-state index in [2.05, 4.69) is 83.4 Å². The largest absolute Gasteiger partial charge is 0.456 e. The highest BCUT2D eigenvalue weighted by molar-refractivity contribution is 7.26. The van der Waals surface area contributed by atoms with E-state index in [0.717, 1.165) is 47.7 Å². The minimum absolute atomic E-state index is 0.0168. The molecule has 0 aliphatic rings. The second-order valence-corrected chi connectivity index (χ2v) is 13.5. The number of para-hydroxylation sites is 3. The average molecular weight is 676 g/mol. The Balaban J connectivity index is 1.16. The van der Waals surface area contributed by atoms with Crippen molar-refractivity contribution in [3.8, 4) is 39.9 Å². The van der Waals surface area contributed by atoms with Gasteiger partial charge >= 0.3 is 0 Å². The normalized spacial score (nSPS) is 13.3. The van der Waals surface area contributed by atoms with Crippen molar-refractivity contribution in [2.24, 2.45) is 0 Å². The van der Waals surface area contributed by atoms with Crippen molar-refractivity contribution in [1.82, 2.24) is 19.5 Å². The number of hydrogen-bond acceptors (Lipinski definition) is 5. The summed E-state index contributed by atoms with van der Waals surface area (Å²) in [7, 11) is 0. The summed E-state index contributed by atoms with van der Waals surface area (Å²) in [6.07, 6.45) is 0. The van der Waals surface area contributed by atoms with Gasteiger partial charge < -0.3 is 8.98 Å². The lowest BCUT2D eigenvalue weighted by molar-refractivity contribution is 0.669. The average Bonchev–Trinajstić information content (AvgIpc) is 3.91. The Morgan fingerprint density at radius 2 is 1.18 bits per heavy atom. The molecule has 5 nitrogen and oxygen atoms in total. The van der Waals surface area contributed by atoms with Crippen LogP contribution < -0.4 is 0 Å². The molecule has 51 heavy (non-hydrogen) atoms. The maximum Gasteiger partial charge on any atom is 0.164 e. The van der Waals surface area contributed by atoms with Crippen LogP contribution in [0.3, 0.4) is 0 Å². The number of nitrogens with zero attached hydrogens (tertiary/aromatic N) is 4. The monoisotopic (exact) mass is 675 g/mol. The molecule has 6 heteroatoms. The highest BCUT2D eigenvalue weighted by Gasteiger charge is 2.20. The maximum atomic E-state index is 8.80. The van der Waals surface area contributed by atoms with Crippen molar-refractivity contribution in [2.45, 2.75) is 0 Å². The Labute approximate surface area is 302 Å². The smallest absolute Gasteiger partial charge is 0.164 e. The Morgan fingerprint density at radius 3 is 1.98 bits per heavy atom. The van der Waals surface area contributed by atoms with E-state index >= 15 is 0 Å². The van der Waals surface area contributed by atoms with Crippen molar-refractivity contribution in [2.75, 3.05) is 0 Å². The molecule has 238 valence electrons. The Bertz CT molecular complexity index is 3380. The molecule has 0 spiro atoms. The van der Waals surface area contributed by atoms with Gasteiger partial charge in [-0.2, -0.15) is 0 Å². The van der Waals surface area contributed by atoms with Crippen molar-refractivity contribution >= 4 is 75.3 Å². The first-order valence-corrected chi connectivity index (χ1v) is 17.4. The molecule has 7 aromatic carbocycles. The van der Waals surface area contributed by atoms with Crippen LogP contribution in [0.4, 0.5) is 0 Å². The topological polar surface area (TPSA) is 56.7 Å². The maximum absolute atomic E-state index is 8.80. The van der Waals surface area contributed by atoms with Gasteiger partial charge in [-0.25, -0.2) is 15.0 Å². The molecule has 11 aromatic rings. The van der Waals surface area contributed by atoms with E-state index in [1.54, 1.807) is 11.3 Å². The van der Waals surface area contributed by atoms with Gasteiger partial charge in [0, 0.05) is 58.4 Å². The fourth-order valence-electron chi connectivity index (χ4n) is 7.37. The first-order valence-electron chi connectivity index (χ1n) is 19.0. The van der Waals surface area contributed by atoms with Crippen molar-refractivity contribution in [3.05, 3.63) is 158 Å². The van der Waals surface area contributed by atoms with E-state index in [0.29, 0.717) is 33.9 Å². The van der Waals surface area contributed by atoms with Crippen LogP contribution in [0.25, 0.3) is 104 Å². The first kappa shape index (κ1) is 23.7. The van der Waals surface area contributed by atoms with Crippen LogP contribution in [-0.2, 0) is 0 Å². The fraction of sp³-hybridized carbons (Fsp3) is 0. The highest BCUT2D eigenvalue weighted by atomic mass is 32.1. The number of benzene rings is 7. The van der Waals surface area contributed by atoms with Gasteiger partial charge in [0.15, 0.2) is 17.5 Å². The standard InChI is InChI=1S/C45H26N4OS/c1-2-12-27(13-3-1)43-46-44(48-45(47-43)33-17-10-22-38-41(33)31-16-6-9-21-37(31)50-38)28-24-25-32-40(26-28)51-39-23-11-20-36(42(32)39)49-34-18-7-4-14-29(34)30-15-5-8-19-35(30)49/h1-26H/i1D,2D,3D,12D,13D. The van der Waals surface area contributed by atoms with Gasteiger partial charge in [-0.3, -0.25) is 0 Å². The van der Waals surface area contributed by atoms with E-state index in [4.69, 9.17) is 26.2 Å². The molecule has 0 bridgehead atoms. The molecule has 0 aliphatic carbocycles. The number of rotatable bonds is 4. The van der Waals surface area contributed by atoms with Crippen LogP contribution in [0.1, 0.15) is 6.85 Å². The zero-order valence-corrected chi connectivity index (χ0v) is 27.5.